The summed E-state index contributed by atoms with van der Waals surface area (Å²) in [6.07, 6.45) is 4.21. The van der Waals surface area contributed by atoms with Crippen molar-refractivity contribution in [1.29, 1.82) is 0 Å². The molecule has 3 aromatic heterocycles. The predicted molar refractivity (Wildman–Crippen MR) is 105 cm³/mol. The van der Waals surface area contributed by atoms with Gasteiger partial charge in [0.15, 0.2) is 5.65 Å². The number of halogens is 1. The molecule has 0 spiro atoms. The van der Waals surface area contributed by atoms with Crippen LogP contribution in [0.1, 0.15) is 49.7 Å². The maximum Gasteiger partial charge on any atom is 0.157 e. The van der Waals surface area contributed by atoms with Crippen LogP contribution in [0.25, 0.3) is 5.65 Å². The Morgan fingerprint density at radius 1 is 1.23 bits per heavy atom. The Morgan fingerprint density at radius 2 is 2.08 bits per heavy atom. The summed E-state index contributed by atoms with van der Waals surface area (Å²) < 4.78 is 1.99. The summed E-state index contributed by atoms with van der Waals surface area (Å²) in [5, 5.41) is 5.54. The van der Waals surface area contributed by atoms with Gasteiger partial charge >= 0.3 is 0 Å². The summed E-state index contributed by atoms with van der Waals surface area (Å²) in [6, 6.07) is 8.06. The second-order valence-electron chi connectivity index (χ2n) is 7.41. The van der Waals surface area contributed by atoms with E-state index in [9.17, 15) is 0 Å². The van der Waals surface area contributed by atoms with Gasteiger partial charge in [0.2, 0.25) is 0 Å². The van der Waals surface area contributed by atoms with Gasteiger partial charge in [-0.2, -0.15) is 9.61 Å². The van der Waals surface area contributed by atoms with Gasteiger partial charge in [-0.3, -0.25) is 4.98 Å². The summed E-state index contributed by atoms with van der Waals surface area (Å²) in [6.45, 7) is 8.63. The minimum Gasteiger partial charge on any atom is -0.356 e. The molecule has 4 rings (SSSR count). The molecule has 1 saturated heterocycles. The van der Waals surface area contributed by atoms with Gasteiger partial charge in [0.25, 0.3) is 0 Å². The highest BCUT2D eigenvalue weighted by molar-refractivity contribution is 6.30. The second-order valence-corrected chi connectivity index (χ2v) is 7.85. The lowest BCUT2D eigenvalue weighted by atomic mass is 10.0. The van der Waals surface area contributed by atoms with Gasteiger partial charge < -0.3 is 4.90 Å². The number of hydrogen-bond donors (Lipinski definition) is 0. The fraction of sp³-hybridized carbons (Fsp3) is 0.450. The van der Waals surface area contributed by atoms with Gasteiger partial charge in [-0.25, -0.2) is 4.98 Å². The topological polar surface area (TPSA) is 46.3 Å². The Bertz CT molecular complexity index is 918. The van der Waals surface area contributed by atoms with Crippen LogP contribution < -0.4 is 4.90 Å². The van der Waals surface area contributed by atoms with Crippen molar-refractivity contribution in [2.45, 2.75) is 39.5 Å². The van der Waals surface area contributed by atoms with Gasteiger partial charge in [0.05, 0.1) is 10.7 Å². The van der Waals surface area contributed by atoms with E-state index in [1.54, 1.807) is 6.20 Å². The third kappa shape index (κ3) is 3.28. The first kappa shape index (κ1) is 17.3. The highest BCUT2D eigenvalue weighted by atomic mass is 35.5. The Balaban J connectivity index is 1.74. The van der Waals surface area contributed by atoms with Crippen LogP contribution >= 0.6 is 11.6 Å². The first-order chi connectivity index (χ1) is 12.5. The quantitative estimate of drug-likeness (QED) is 0.683. The summed E-state index contributed by atoms with van der Waals surface area (Å²) in [7, 11) is 0. The zero-order valence-corrected chi connectivity index (χ0v) is 16.2. The Hall–Kier alpha value is -2.14. The van der Waals surface area contributed by atoms with Crippen LogP contribution in [0.4, 0.5) is 5.82 Å². The van der Waals surface area contributed by atoms with Crippen molar-refractivity contribution >= 4 is 23.1 Å². The summed E-state index contributed by atoms with van der Waals surface area (Å²) >= 11 is 5.96. The number of fused-ring (bicyclic) bond motifs is 1. The van der Waals surface area contributed by atoms with Crippen LogP contribution in [0.5, 0.6) is 0 Å². The van der Waals surface area contributed by atoms with Crippen molar-refractivity contribution in [2.24, 2.45) is 5.92 Å². The van der Waals surface area contributed by atoms with Gasteiger partial charge in [0.1, 0.15) is 5.82 Å². The molecule has 0 radical (unpaired) electrons. The van der Waals surface area contributed by atoms with E-state index >= 15 is 0 Å². The molecule has 0 saturated carbocycles. The van der Waals surface area contributed by atoms with Gasteiger partial charge in [-0.05, 0) is 37.8 Å². The van der Waals surface area contributed by atoms with E-state index in [1.165, 1.54) is 12.8 Å². The van der Waals surface area contributed by atoms with E-state index in [1.807, 2.05) is 23.6 Å². The molecule has 1 aliphatic rings. The SMILES string of the molecule is Cc1cc(N2CCCC(C)C2)n2nc(C(C)c3ccc(Cl)cn3)cc2n1. The molecular formula is C20H24ClN5. The predicted octanol–water partition coefficient (Wildman–Crippen LogP) is 4.47. The molecule has 0 aliphatic carbocycles. The lowest BCUT2D eigenvalue weighted by Gasteiger charge is -2.32. The van der Waals surface area contributed by atoms with Crippen LogP contribution in [0, 0.1) is 12.8 Å². The fourth-order valence-electron chi connectivity index (χ4n) is 3.73. The molecule has 1 fully saturated rings. The van der Waals surface area contributed by atoms with E-state index in [0.717, 1.165) is 41.6 Å². The van der Waals surface area contributed by atoms with E-state index in [-0.39, 0.29) is 5.92 Å². The Morgan fingerprint density at radius 3 is 2.81 bits per heavy atom. The van der Waals surface area contributed by atoms with E-state index in [4.69, 9.17) is 21.7 Å². The largest absolute Gasteiger partial charge is 0.356 e. The Labute approximate surface area is 159 Å². The minimum atomic E-state index is 0.0856. The zero-order valence-electron chi connectivity index (χ0n) is 15.5. The van der Waals surface area contributed by atoms with Crippen molar-refractivity contribution in [2.75, 3.05) is 18.0 Å². The molecule has 6 heteroatoms. The van der Waals surface area contributed by atoms with Crippen LogP contribution in [0.3, 0.4) is 0 Å². The normalized spacial score (nSPS) is 19.1. The maximum atomic E-state index is 5.96. The molecule has 0 N–H and O–H groups in total. The van der Waals surface area contributed by atoms with E-state index < -0.39 is 0 Å². The fourth-order valence-corrected chi connectivity index (χ4v) is 3.84. The number of hydrogen-bond acceptors (Lipinski definition) is 4. The van der Waals surface area contributed by atoms with Crippen molar-refractivity contribution in [1.82, 2.24) is 19.6 Å². The average molecular weight is 370 g/mol. The number of piperidine rings is 1. The molecular weight excluding hydrogens is 346 g/mol. The molecule has 3 aromatic rings. The van der Waals surface area contributed by atoms with Gasteiger partial charge in [0, 0.05) is 48.7 Å². The molecule has 0 bridgehead atoms. The molecule has 0 aromatic carbocycles. The number of pyridine rings is 1. The first-order valence-electron chi connectivity index (χ1n) is 9.25. The van der Waals surface area contributed by atoms with Crippen LogP contribution in [-0.4, -0.2) is 32.7 Å². The van der Waals surface area contributed by atoms with Crippen molar-refractivity contribution < 1.29 is 0 Å². The first-order valence-corrected chi connectivity index (χ1v) is 9.63. The average Bonchev–Trinajstić information content (AvgIpc) is 3.05. The minimum absolute atomic E-state index is 0.0856. The highest BCUT2D eigenvalue weighted by Crippen LogP contribution is 2.27. The molecule has 136 valence electrons. The number of nitrogens with zero attached hydrogens (tertiary/aromatic N) is 5. The molecule has 2 atom stereocenters. The summed E-state index contributed by atoms with van der Waals surface area (Å²) in [5.74, 6) is 1.93. The molecule has 1 aliphatic heterocycles. The molecule has 26 heavy (non-hydrogen) atoms. The number of aryl methyl sites for hydroxylation is 1. The van der Waals surface area contributed by atoms with Crippen LogP contribution in [0.2, 0.25) is 5.02 Å². The highest BCUT2D eigenvalue weighted by Gasteiger charge is 2.22. The zero-order chi connectivity index (χ0) is 18.3. The Kier molecular flexibility index (Phi) is 4.57. The standard InChI is InChI=1S/C20H24ClN5/c1-13-5-4-8-25(12-13)20-9-14(2)23-19-10-18(24-26(19)20)15(3)17-7-6-16(21)11-22-17/h6-7,9-11,13,15H,4-5,8,12H2,1-3H3. The number of aromatic nitrogens is 4. The molecule has 5 nitrogen and oxygen atoms in total. The third-order valence-corrected chi connectivity index (χ3v) is 5.40. The van der Waals surface area contributed by atoms with Gasteiger partial charge in [-0.15, -0.1) is 0 Å². The smallest absolute Gasteiger partial charge is 0.157 e. The lowest BCUT2D eigenvalue weighted by molar-refractivity contribution is 0.442. The van der Waals surface area contributed by atoms with E-state index in [2.05, 4.69) is 35.9 Å². The van der Waals surface area contributed by atoms with Crippen LogP contribution in [-0.2, 0) is 0 Å². The number of rotatable bonds is 3. The monoisotopic (exact) mass is 369 g/mol. The van der Waals surface area contributed by atoms with Crippen molar-refractivity contribution in [3.63, 3.8) is 0 Å². The van der Waals surface area contributed by atoms with Crippen molar-refractivity contribution in [3.8, 4) is 0 Å². The third-order valence-electron chi connectivity index (χ3n) is 5.17. The molecule has 4 heterocycles. The number of anilines is 1. The second kappa shape index (κ2) is 6.88. The summed E-state index contributed by atoms with van der Waals surface area (Å²) in [5.41, 5.74) is 3.86. The summed E-state index contributed by atoms with van der Waals surface area (Å²) in [4.78, 5) is 11.6. The van der Waals surface area contributed by atoms with Crippen LogP contribution in [0.15, 0.2) is 30.5 Å². The van der Waals surface area contributed by atoms with E-state index in [0.29, 0.717) is 10.9 Å². The molecule has 0 amide bonds. The molecule has 2 unspecified atom stereocenters. The maximum absolute atomic E-state index is 5.96. The van der Waals surface area contributed by atoms with Crippen molar-refractivity contribution in [3.05, 3.63) is 52.6 Å². The lowest BCUT2D eigenvalue weighted by Crippen LogP contribution is -2.35. The van der Waals surface area contributed by atoms with Gasteiger partial charge in [-0.1, -0.05) is 25.4 Å².